The van der Waals surface area contributed by atoms with Crippen molar-refractivity contribution in [1.29, 1.82) is 0 Å². The molecule has 5 rings (SSSR count). The van der Waals surface area contributed by atoms with Gasteiger partial charge in [-0.1, -0.05) is 13.8 Å². The Bertz CT molecular complexity index is 1200. The number of H-pyrrole nitrogens is 1. The molecule has 1 saturated heterocycles. The van der Waals surface area contributed by atoms with Gasteiger partial charge in [0.2, 0.25) is 6.79 Å². The normalized spacial score (nSPS) is 20.1. The third kappa shape index (κ3) is 3.54. The van der Waals surface area contributed by atoms with Crippen molar-refractivity contribution in [1.82, 2.24) is 30.1 Å². The van der Waals surface area contributed by atoms with Crippen molar-refractivity contribution in [3.63, 3.8) is 0 Å². The number of aromatic amines is 1. The van der Waals surface area contributed by atoms with Crippen LogP contribution in [0.4, 0.5) is 0 Å². The predicted molar refractivity (Wildman–Crippen MR) is 120 cm³/mol. The van der Waals surface area contributed by atoms with Crippen LogP contribution >= 0.6 is 0 Å². The molecule has 9 nitrogen and oxygen atoms in total. The molecule has 170 valence electrons. The fourth-order valence-corrected chi connectivity index (χ4v) is 4.72. The van der Waals surface area contributed by atoms with Gasteiger partial charge in [0, 0.05) is 23.6 Å². The first-order valence-electron chi connectivity index (χ1n) is 11.4. The van der Waals surface area contributed by atoms with Crippen LogP contribution in [0.1, 0.15) is 64.4 Å². The number of ether oxygens (including phenoxy) is 2. The van der Waals surface area contributed by atoms with Crippen molar-refractivity contribution in [2.75, 3.05) is 19.9 Å². The molecule has 4 heterocycles. The molecule has 0 spiro atoms. The van der Waals surface area contributed by atoms with E-state index < -0.39 is 0 Å². The zero-order valence-corrected chi connectivity index (χ0v) is 19.1. The molecule has 2 aromatic heterocycles. The lowest BCUT2D eigenvalue weighted by atomic mass is 9.94. The first-order chi connectivity index (χ1) is 15.4. The van der Waals surface area contributed by atoms with Crippen LogP contribution in [-0.2, 0) is 5.54 Å². The molecule has 1 aromatic carbocycles. The molecule has 32 heavy (non-hydrogen) atoms. The Labute approximate surface area is 186 Å². The molecule has 3 aromatic rings. The highest BCUT2D eigenvalue weighted by atomic mass is 16.7. The largest absolute Gasteiger partial charge is 0.454 e. The second-order valence-electron chi connectivity index (χ2n) is 9.61. The number of hydrogen-bond donors (Lipinski definition) is 1. The summed E-state index contributed by atoms with van der Waals surface area (Å²) in [5.74, 6) is 2.59. The summed E-state index contributed by atoms with van der Waals surface area (Å²) in [6.45, 7) is 10.6. The Hall–Kier alpha value is -2.94. The van der Waals surface area contributed by atoms with Gasteiger partial charge in [0.15, 0.2) is 17.3 Å². The van der Waals surface area contributed by atoms with Gasteiger partial charge in [0.1, 0.15) is 6.04 Å². The van der Waals surface area contributed by atoms with Gasteiger partial charge in [-0.3, -0.25) is 9.69 Å². The topological polar surface area (TPSA) is 98.2 Å². The van der Waals surface area contributed by atoms with Gasteiger partial charge in [-0.05, 0) is 68.1 Å². The van der Waals surface area contributed by atoms with Gasteiger partial charge in [-0.25, -0.2) is 4.68 Å². The highest BCUT2D eigenvalue weighted by molar-refractivity contribution is 5.83. The molecule has 0 aliphatic carbocycles. The lowest BCUT2D eigenvalue weighted by Crippen LogP contribution is -2.42. The molecule has 0 unspecified atom stereocenters. The van der Waals surface area contributed by atoms with Crippen LogP contribution in [-0.4, -0.2) is 50.0 Å². The SMILES string of the molecule is CCC(C)(C)n1nnnc1[C@@H](c1cc2cc3c(cc2[nH]c1=O)OCO3)N1CCC[C@H](C)C1. The molecule has 9 heteroatoms. The summed E-state index contributed by atoms with van der Waals surface area (Å²) in [7, 11) is 0. The molecule has 2 aliphatic heterocycles. The number of rotatable bonds is 5. The number of piperidine rings is 1. The third-order valence-electron chi connectivity index (χ3n) is 6.89. The summed E-state index contributed by atoms with van der Waals surface area (Å²) >= 11 is 0. The summed E-state index contributed by atoms with van der Waals surface area (Å²) in [5, 5.41) is 13.7. The molecule has 0 bridgehead atoms. The molecule has 0 amide bonds. The molecular weight excluding hydrogens is 408 g/mol. The van der Waals surface area contributed by atoms with E-state index in [1.54, 1.807) is 0 Å². The maximum absolute atomic E-state index is 13.4. The van der Waals surface area contributed by atoms with Gasteiger partial charge < -0.3 is 14.5 Å². The first-order valence-corrected chi connectivity index (χ1v) is 11.4. The summed E-state index contributed by atoms with van der Waals surface area (Å²) in [6.07, 6.45) is 3.14. The average molecular weight is 439 g/mol. The van der Waals surface area contributed by atoms with E-state index in [0.29, 0.717) is 28.8 Å². The van der Waals surface area contributed by atoms with E-state index in [0.717, 1.165) is 36.8 Å². The standard InChI is InChI=1S/C23H30N6O3/c1-5-23(3,4)29-21(25-26-27-29)20(28-8-6-7-14(2)12-28)16-9-15-10-18-19(32-13-31-18)11-17(15)24-22(16)30/h9-11,14,20H,5-8,12-13H2,1-4H3,(H,24,30)/t14-,20+/m0/s1. The Morgan fingerprint density at radius 2 is 2.03 bits per heavy atom. The Morgan fingerprint density at radius 3 is 2.78 bits per heavy atom. The van der Waals surface area contributed by atoms with Crippen molar-refractivity contribution in [3.05, 3.63) is 39.9 Å². The second kappa shape index (κ2) is 7.88. The monoisotopic (exact) mass is 438 g/mol. The van der Waals surface area contributed by atoms with Crippen LogP contribution in [0.2, 0.25) is 0 Å². The summed E-state index contributed by atoms with van der Waals surface area (Å²) < 4.78 is 12.9. The fraction of sp³-hybridized carbons (Fsp3) is 0.565. The van der Waals surface area contributed by atoms with Crippen molar-refractivity contribution in [2.45, 2.75) is 58.5 Å². The lowest BCUT2D eigenvalue weighted by molar-refractivity contribution is 0.135. The van der Waals surface area contributed by atoms with E-state index >= 15 is 0 Å². The zero-order chi connectivity index (χ0) is 22.5. The maximum atomic E-state index is 13.4. The summed E-state index contributed by atoms with van der Waals surface area (Å²) in [6, 6.07) is 5.37. The zero-order valence-electron chi connectivity index (χ0n) is 19.1. The van der Waals surface area contributed by atoms with Crippen LogP contribution in [0.15, 0.2) is 23.0 Å². The van der Waals surface area contributed by atoms with Crippen LogP contribution in [0, 0.1) is 5.92 Å². The van der Waals surface area contributed by atoms with Gasteiger partial charge in [-0.15, -0.1) is 5.10 Å². The van der Waals surface area contributed by atoms with Crippen molar-refractivity contribution < 1.29 is 9.47 Å². The predicted octanol–water partition coefficient (Wildman–Crippen LogP) is 3.21. The van der Waals surface area contributed by atoms with Gasteiger partial charge in [0.25, 0.3) is 5.56 Å². The minimum absolute atomic E-state index is 0.136. The second-order valence-corrected chi connectivity index (χ2v) is 9.61. The number of pyridine rings is 1. The Kier molecular flexibility index (Phi) is 5.16. The fourth-order valence-electron chi connectivity index (χ4n) is 4.72. The number of fused-ring (bicyclic) bond motifs is 2. The van der Waals surface area contributed by atoms with Crippen LogP contribution < -0.4 is 15.0 Å². The van der Waals surface area contributed by atoms with Crippen molar-refractivity contribution >= 4 is 10.9 Å². The molecule has 0 radical (unpaired) electrons. The maximum Gasteiger partial charge on any atom is 0.253 e. The molecule has 1 fully saturated rings. The van der Waals surface area contributed by atoms with Gasteiger partial charge >= 0.3 is 0 Å². The number of benzene rings is 1. The molecule has 2 aliphatic rings. The number of nitrogens with one attached hydrogen (secondary N) is 1. The Balaban J connectivity index is 1.68. The number of likely N-dealkylation sites (tertiary alicyclic amines) is 1. The quantitative estimate of drug-likeness (QED) is 0.653. The van der Waals surface area contributed by atoms with Crippen LogP contribution in [0.3, 0.4) is 0 Å². The third-order valence-corrected chi connectivity index (χ3v) is 6.89. The van der Waals surface area contributed by atoms with E-state index in [-0.39, 0.29) is 23.9 Å². The van der Waals surface area contributed by atoms with Gasteiger partial charge in [-0.2, -0.15) is 0 Å². The minimum Gasteiger partial charge on any atom is -0.454 e. The van der Waals surface area contributed by atoms with Crippen molar-refractivity contribution in [3.8, 4) is 11.5 Å². The van der Waals surface area contributed by atoms with E-state index in [2.05, 4.69) is 53.1 Å². The highest BCUT2D eigenvalue weighted by Crippen LogP contribution is 2.37. The number of tetrazole rings is 1. The molecule has 1 N–H and O–H groups in total. The van der Waals surface area contributed by atoms with Crippen LogP contribution in [0.5, 0.6) is 11.5 Å². The lowest BCUT2D eigenvalue weighted by Gasteiger charge is -2.37. The summed E-state index contributed by atoms with van der Waals surface area (Å²) in [4.78, 5) is 18.8. The van der Waals surface area contributed by atoms with Crippen molar-refractivity contribution in [2.24, 2.45) is 5.92 Å². The first kappa shape index (κ1) is 20.9. The summed E-state index contributed by atoms with van der Waals surface area (Å²) in [5.41, 5.74) is 0.966. The molecule has 2 atom stereocenters. The van der Waals surface area contributed by atoms with E-state index in [1.807, 2.05) is 22.9 Å². The number of hydrogen-bond acceptors (Lipinski definition) is 7. The molecule has 0 saturated carbocycles. The van der Waals surface area contributed by atoms with E-state index in [9.17, 15) is 4.79 Å². The average Bonchev–Trinajstić information content (AvgIpc) is 3.43. The minimum atomic E-state index is -0.336. The number of nitrogens with zero attached hydrogens (tertiary/aromatic N) is 5. The number of aromatic nitrogens is 5. The highest BCUT2D eigenvalue weighted by Gasteiger charge is 2.35. The van der Waals surface area contributed by atoms with E-state index in [4.69, 9.17) is 9.47 Å². The van der Waals surface area contributed by atoms with Crippen LogP contribution in [0.25, 0.3) is 10.9 Å². The van der Waals surface area contributed by atoms with Gasteiger partial charge in [0.05, 0.1) is 11.1 Å². The van der Waals surface area contributed by atoms with E-state index in [1.165, 1.54) is 6.42 Å². The Morgan fingerprint density at radius 1 is 1.25 bits per heavy atom. The molecular formula is C23H30N6O3. The smallest absolute Gasteiger partial charge is 0.253 e.